The summed E-state index contributed by atoms with van der Waals surface area (Å²) in [5.74, 6) is -0.699. The summed E-state index contributed by atoms with van der Waals surface area (Å²) in [6.07, 6.45) is 0.890. The summed E-state index contributed by atoms with van der Waals surface area (Å²) in [5.41, 5.74) is 3.20. The fraction of sp³-hybridized carbons (Fsp3) is 0.448. The van der Waals surface area contributed by atoms with Crippen molar-refractivity contribution < 1.29 is 24.2 Å². The average Bonchev–Trinajstić information content (AvgIpc) is 3.16. The predicted octanol–water partition coefficient (Wildman–Crippen LogP) is 3.60. The van der Waals surface area contributed by atoms with Gasteiger partial charge in [-0.1, -0.05) is 19.1 Å². The first-order valence-electron chi connectivity index (χ1n) is 12.9. The number of hydrogen-bond donors (Lipinski definition) is 1. The SMILES string of the molecule is CCCOc1ccc(C(O)=C2C(=O)C(=O)N(CCN3CCOCC3)[C@@H]2c2ccc(N(C)C)cc2)c(C)c1. The van der Waals surface area contributed by atoms with Crippen LogP contribution in [0.1, 0.15) is 36.1 Å². The number of rotatable bonds is 9. The van der Waals surface area contributed by atoms with E-state index < -0.39 is 17.7 Å². The lowest BCUT2D eigenvalue weighted by Crippen LogP contribution is -2.42. The number of hydrogen-bond acceptors (Lipinski definition) is 7. The van der Waals surface area contributed by atoms with E-state index in [9.17, 15) is 14.7 Å². The summed E-state index contributed by atoms with van der Waals surface area (Å²) in [6.45, 7) is 8.41. The van der Waals surface area contributed by atoms with Crippen LogP contribution in [0.4, 0.5) is 5.69 Å². The lowest BCUT2D eigenvalue weighted by molar-refractivity contribution is -0.140. The number of carbonyl (C=O) groups excluding carboxylic acids is 2. The molecule has 2 heterocycles. The number of ether oxygens (including phenoxy) is 2. The van der Waals surface area contributed by atoms with Crippen LogP contribution < -0.4 is 9.64 Å². The van der Waals surface area contributed by atoms with Crippen LogP contribution in [-0.4, -0.2) is 86.7 Å². The Bertz CT molecular complexity index is 1150. The minimum Gasteiger partial charge on any atom is -0.507 e. The van der Waals surface area contributed by atoms with Crippen molar-refractivity contribution in [3.63, 3.8) is 0 Å². The van der Waals surface area contributed by atoms with Gasteiger partial charge in [0.05, 0.1) is 31.4 Å². The summed E-state index contributed by atoms with van der Waals surface area (Å²) in [6, 6.07) is 12.5. The van der Waals surface area contributed by atoms with Crippen molar-refractivity contribution in [2.75, 3.05) is 65.0 Å². The van der Waals surface area contributed by atoms with E-state index in [1.54, 1.807) is 17.0 Å². The van der Waals surface area contributed by atoms with Crippen molar-refractivity contribution in [3.05, 3.63) is 64.7 Å². The van der Waals surface area contributed by atoms with Gasteiger partial charge in [-0.25, -0.2) is 0 Å². The molecule has 198 valence electrons. The van der Waals surface area contributed by atoms with Crippen molar-refractivity contribution in [2.24, 2.45) is 0 Å². The molecule has 0 aliphatic carbocycles. The highest BCUT2D eigenvalue weighted by Gasteiger charge is 2.46. The molecule has 0 radical (unpaired) electrons. The van der Waals surface area contributed by atoms with Crippen LogP contribution in [0.25, 0.3) is 5.76 Å². The number of aryl methyl sites for hydroxylation is 1. The van der Waals surface area contributed by atoms with Crippen LogP contribution >= 0.6 is 0 Å². The Kier molecular flexibility index (Phi) is 8.51. The van der Waals surface area contributed by atoms with Crippen molar-refractivity contribution in [1.82, 2.24) is 9.80 Å². The van der Waals surface area contributed by atoms with Crippen LogP contribution in [-0.2, 0) is 14.3 Å². The van der Waals surface area contributed by atoms with Gasteiger partial charge in [0, 0.05) is 51.5 Å². The third kappa shape index (κ3) is 5.81. The number of morpholine rings is 1. The molecule has 2 fully saturated rings. The smallest absolute Gasteiger partial charge is 0.295 e. The first-order chi connectivity index (χ1) is 17.8. The van der Waals surface area contributed by atoms with E-state index >= 15 is 0 Å². The topological polar surface area (TPSA) is 82.5 Å². The number of nitrogens with zero attached hydrogens (tertiary/aromatic N) is 3. The predicted molar refractivity (Wildman–Crippen MR) is 144 cm³/mol. The highest BCUT2D eigenvalue weighted by Crippen LogP contribution is 2.40. The monoisotopic (exact) mass is 507 g/mol. The number of aliphatic hydroxyl groups is 1. The second-order valence-corrected chi connectivity index (χ2v) is 9.76. The third-order valence-electron chi connectivity index (χ3n) is 6.95. The second kappa shape index (κ2) is 11.8. The first kappa shape index (κ1) is 26.7. The van der Waals surface area contributed by atoms with Gasteiger partial charge in [0.1, 0.15) is 11.5 Å². The number of amides is 1. The van der Waals surface area contributed by atoms with Gasteiger partial charge in [0.15, 0.2) is 0 Å². The Balaban J connectivity index is 1.73. The summed E-state index contributed by atoms with van der Waals surface area (Å²) in [5, 5.41) is 11.5. The van der Waals surface area contributed by atoms with E-state index in [0.29, 0.717) is 44.2 Å². The van der Waals surface area contributed by atoms with Gasteiger partial charge >= 0.3 is 0 Å². The molecule has 0 saturated carbocycles. The van der Waals surface area contributed by atoms with Crippen LogP contribution in [0.15, 0.2) is 48.0 Å². The number of carbonyl (C=O) groups is 2. The minimum atomic E-state index is -0.673. The molecule has 2 aliphatic heterocycles. The summed E-state index contributed by atoms with van der Waals surface area (Å²) >= 11 is 0. The molecule has 0 unspecified atom stereocenters. The molecule has 2 aromatic rings. The number of benzene rings is 2. The van der Waals surface area contributed by atoms with Gasteiger partial charge in [-0.2, -0.15) is 0 Å². The molecule has 0 aromatic heterocycles. The zero-order valence-electron chi connectivity index (χ0n) is 22.2. The second-order valence-electron chi connectivity index (χ2n) is 9.76. The Morgan fingerprint density at radius 2 is 1.78 bits per heavy atom. The van der Waals surface area contributed by atoms with Crippen molar-refractivity contribution in [3.8, 4) is 5.75 Å². The normalized spacial score (nSPS) is 19.9. The van der Waals surface area contributed by atoms with Crippen molar-refractivity contribution in [1.29, 1.82) is 0 Å². The fourth-order valence-electron chi connectivity index (χ4n) is 4.84. The average molecular weight is 508 g/mol. The maximum Gasteiger partial charge on any atom is 0.295 e. The van der Waals surface area contributed by atoms with Gasteiger partial charge in [-0.3, -0.25) is 14.5 Å². The molecular formula is C29H37N3O5. The Morgan fingerprint density at radius 1 is 1.08 bits per heavy atom. The summed E-state index contributed by atoms with van der Waals surface area (Å²) in [7, 11) is 3.92. The van der Waals surface area contributed by atoms with E-state index in [0.717, 1.165) is 36.3 Å². The molecule has 8 heteroatoms. The maximum atomic E-state index is 13.4. The molecular weight excluding hydrogens is 470 g/mol. The third-order valence-corrected chi connectivity index (χ3v) is 6.95. The number of likely N-dealkylation sites (tertiary alicyclic amines) is 1. The standard InChI is InChI=1S/C29H37N3O5/c1-5-16-37-23-10-11-24(20(2)19-23)27(33)25-26(21-6-8-22(9-7-21)30(3)4)32(29(35)28(25)34)13-12-31-14-17-36-18-15-31/h6-11,19,26,33H,5,12-18H2,1-4H3/t26-/m1/s1. The van der Waals surface area contributed by atoms with Gasteiger partial charge in [-0.15, -0.1) is 0 Å². The molecule has 2 saturated heterocycles. The highest BCUT2D eigenvalue weighted by molar-refractivity contribution is 6.46. The molecule has 2 aromatic carbocycles. The van der Waals surface area contributed by atoms with Gasteiger partial charge in [0.25, 0.3) is 11.7 Å². The van der Waals surface area contributed by atoms with Crippen LogP contribution in [0.5, 0.6) is 5.75 Å². The van der Waals surface area contributed by atoms with E-state index in [4.69, 9.17) is 9.47 Å². The quantitative estimate of drug-likeness (QED) is 0.315. The van der Waals surface area contributed by atoms with Crippen LogP contribution in [0.2, 0.25) is 0 Å². The van der Waals surface area contributed by atoms with Gasteiger partial charge in [-0.05, 0) is 54.8 Å². The largest absolute Gasteiger partial charge is 0.507 e. The molecule has 1 amide bonds. The highest BCUT2D eigenvalue weighted by atomic mass is 16.5. The summed E-state index contributed by atoms with van der Waals surface area (Å²) in [4.78, 5) is 32.5. The molecule has 2 aliphatic rings. The molecule has 1 atom stereocenters. The molecule has 1 N–H and O–H groups in total. The first-order valence-corrected chi connectivity index (χ1v) is 12.9. The van der Waals surface area contributed by atoms with Gasteiger partial charge in [0.2, 0.25) is 0 Å². The molecule has 4 rings (SSSR count). The number of Topliss-reactive ketones (excluding diaryl/α,β-unsaturated/α-hetero) is 1. The van der Waals surface area contributed by atoms with E-state index in [1.165, 1.54) is 0 Å². The molecule has 0 bridgehead atoms. The molecule has 8 nitrogen and oxygen atoms in total. The number of aliphatic hydroxyl groups excluding tert-OH is 1. The zero-order valence-corrected chi connectivity index (χ0v) is 22.2. The molecule has 0 spiro atoms. The number of anilines is 1. The van der Waals surface area contributed by atoms with Gasteiger partial charge < -0.3 is 24.4 Å². The minimum absolute atomic E-state index is 0.120. The Morgan fingerprint density at radius 3 is 2.41 bits per heavy atom. The lowest BCUT2D eigenvalue weighted by Gasteiger charge is -2.31. The maximum absolute atomic E-state index is 13.4. The lowest BCUT2D eigenvalue weighted by atomic mass is 9.93. The molecule has 37 heavy (non-hydrogen) atoms. The van der Waals surface area contributed by atoms with Crippen molar-refractivity contribution in [2.45, 2.75) is 26.3 Å². The van der Waals surface area contributed by atoms with Crippen LogP contribution in [0.3, 0.4) is 0 Å². The summed E-state index contributed by atoms with van der Waals surface area (Å²) < 4.78 is 11.2. The Labute approximate surface area is 219 Å². The Hall–Kier alpha value is -3.36. The number of ketones is 1. The van der Waals surface area contributed by atoms with E-state index in [-0.39, 0.29) is 11.3 Å². The van der Waals surface area contributed by atoms with Crippen molar-refractivity contribution >= 4 is 23.1 Å². The van der Waals surface area contributed by atoms with E-state index in [2.05, 4.69) is 4.90 Å². The van der Waals surface area contributed by atoms with Crippen LogP contribution in [0, 0.1) is 6.92 Å². The van der Waals surface area contributed by atoms with E-state index in [1.807, 2.05) is 63.2 Å². The zero-order chi connectivity index (χ0) is 26.5. The fourth-order valence-corrected chi connectivity index (χ4v) is 4.84.